The summed E-state index contributed by atoms with van der Waals surface area (Å²) in [6, 6.07) is -0.168. The number of hydrogen-bond acceptors (Lipinski definition) is 2. The van der Waals surface area contributed by atoms with Crippen molar-refractivity contribution in [3.8, 4) is 0 Å². The Morgan fingerprint density at radius 1 is 1.60 bits per heavy atom. The summed E-state index contributed by atoms with van der Waals surface area (Å²) in [5.41, 5.74) is 0. The summed E-state index contributed by atoms with van der Waals surface area (Å²) in [6.45, 7) is 0.819. The molecule has 0 amide bonds. The number of methoxy groups -OCH3 is 1. The van der Waals surface area contributed by atoms with Crippen LogP contribution in [0.15, 0.2) is 0 Å². The first-order chi connectivity index (χ1) is 4.84. The van der Waals surface area contributed by atoms with Crippen LogP contribution in [0, 0.1) is 0 Å². The van der Waals surface area contributed by atoms with Crippen molar-refractivity contribution in [3.05, 3.63) is 5.32 Å². The van der Waals surface area contributed by atoms with Gasteiger partial charge < -0.3 is 10.1 Å². The highest BCUT2D eigenvalue weighted by atomic mass is 16.5. The van der Waals surface area contributed by atoms with E-state index >= 15 is 0 Å². The molecular formula is C7H12NO2-. The van der Waals surface area contributed by atoms with Crippen molar-refractivity contribution in [2.45, 2.75) is 25.3 Å². The van der Waals surface area contributed by atoms with Gasteiger partial charge in [0.05, 0.1) is 7.11 Å². The molecule has 1 heterocycles. The number of piperidine rings is 1. The highest BCUT2D eigenvalue weighted by molar-refractivity contribution is 5.78. The van der Waals surface area contributed by atoms with E-state index in [0.717, 1.165) is 25.8 Å². The van der Waals surface area contributed by atoms with Gasteiger partial charge in [0.15, 0.2) is 0 Å². The average Bonchev–Trinajstić information content (AvgIpc) is 2.05. The van der Waals surface area contributed by atoms with E-state index in [0.29, 0.717) is 0 Å². The molecule has 0 saturated carbocycles. The molecule has 58 valence electrons. The van der Waals surface area contributed by atoms with Gasteiger partial charge in [-0.15, -0.1) is 6.54 Å². The Kier molecular flexibility index (Phi) is 2.68. The average molecular weight is 142 g/mol. The van der Waals surface area contributed by atoms with Crippen LogP contribution >= 0.6 is 0 Å². The van der Waals surface area contributed by atoms with Gasteiger partial charge in [0.1, 0.15) is 0 Å². The standard InChI is InChI=1S/C7H12NO2/c1-10-7(9)6-4-2-3-5-8-6/h6H,2-5H2,1H3/q-1/t6-/m0/s1. The summed E-state index contributed by atoms with van der Waals surface area (Å²) >= 11 is 0. The van der Waals surface area contributed by atoms with Crippen molar-refractivity contribution in [2.75, 3.05) is 13.7 Å². The van der Waals surface area contributed by atoms with E-state index in [1.807, 2.05) is 0 Å². The van der Waals surface area contributed by atoms with Crippen LogP contribution in [-0.2, 0) is 9.53 Å². The highest BCUT2D eigenvalue weighted by Crippen LogP contribution is 2.18. The van der Waals surface area contributed by atoms with Gasteiger partial charge in [-0.05, 0) is 6.04 Å². The molecule has 0 aromatic rings. The minimum absolute atomic E-state index is 0.168. The van der Waals surface area contributed by atoms with Crippen molar-refractivity contribution < 1.29 is 9.53 Å². The monoisotopic (exact) mass is 142 g/mol. The van der Waals surface area contributed by atoms with Crippen LogP contribution in [0.5, 0.6) is 0 Å². The fourth-order valence-electron chi connectivity index (χ4n) is 1.12. The normalized spacial score (nSPS) is 25.9. The topological polar surface area (TPSA) is 40.4 Å². The molecule has 0 aliphatic carbocycles. The zero-order valence-electron chi connectivity index (χ0n) is 6.17. The molecule has 0 radical (unpaired) electrons. The maximum absolute atomic E-state index is 10.9. The minimum atomic E-state index is -0.181. The van der Waals surface area contributed by atoms with E-state index in [1.165, 1.54) is 7.11 Å². The highest BCUT2D eigenvalue weighted by Gasteiger charge is 2.10. The molecule has 0 aromatic heterocycles. The lowest BCUT2D eigenvalue weighted by Gasteiger charge is -2.33. The van der Waals surface area contributed by atoms with Gasteiger partial charge in [-0.25, -0.2) is 0 Å². The largest absolute Gasteiger partial charge is 0.650 e. The molecule has 0 spiro atoms. The molecular weight excluding hydrogens is 130 g/mol. The van der Waals surface area contributed by atoms with E-state index in [9.17, 15) is 4.79 Å². The lowest BCUT2D eigenvalue weighted by atomic mass is 10.1. The molecule has 10 heavy (non-hydrogen) atoms. The Morgan fingerprint density at radius 3 is 2.90 bits per heavy atom. The first-order valence-electron chi connectivity index (χ1n) is 3.59. The zero-order chi connectivity index (χ0) is 7.40. The predicted octanol–water partition coefficient (Wildman–Crippen LogP) is 1.09. The molecule has 3 heteroatoms. The Balaban J connectivity index is 2.31. The van der Waals surface area contributed by atoms with Crippen LogP contribution in [0.3, 0.4) is 0 Å². The van der Waals surface area contributed by atoms with Gasteiger partial charge in [0, 0.05) is 0 Å². The van der Waals surface area contributed by atoms with Crippen LogP contribution < -0.4 is 0 Å². The molecule has 1 fully saturated rings. The van der Waals surface area contributed by atoms with Gasteiger partial charge in [-0.2, -0.15) is 0 Å². The molecule has 1 saturated heterocycles. The number of nitrogens with zero attached hydrogens (tertiary/aromatic N) is 1. The van der Waals surface area contributed by atoms with Gasteiger partial charge in [0.25, 0.3) is 5.97 Å². The second-order valence-electron chi connectivity index (χ2n) is 2.44. The molecule has 1 atom stereocenters. The Labute approximate surface area is 60.7 Å². The van der Waals surface area contributed by atoms with Gasteiger partial charge in [0.2, 0.25) is 0 Å². The third kappa shape index (κ3) is 1.70. The zero-order valence-corrected chi connectivity index (χ0v) is 6.17. The van der Waals surface area contributed by atoms with Crippen molar-refractivity contribution >= 4 is 5.97 Å². The Hall–Kier alpha value is -0.570. The SMILES string of the molecule is COC(=O)[C@@H]1CCCC[N-]1. The number of carbonyl (C=O) groups excluding carboxylic acids is 1. The summed E-state index contributed by atoms with van der Waals surface area (Å²) < 4.78 is 4.56. The maximum Gasteiger partial charge on any atom is 0.287 e. The molecule has 1 aliphatic rings. The predicted molar refractivity (Wildman–Crippen MR) is 37.9 cm³/mol. The lowest BCUT2D eigenvalue weighted by molar-refractivity contribution is -0.141. The van der Waals surface area contributed by atoms with Crippen LogP contribution in [0.4, 0.5) is 0 Å². The van der Waals surface area contributed by atoms with Crippen molar-refractivity contribution in [1.82, 2.24) is 0 Å². The van der Waals surface area contributed by atoms with Gasteiger partial charge in [-0.3, -0.25) is 4.79 Å². The van der Waals surface area contributed by atoms with Gasteiger partial charge in [-0.1, -0.05) is 19.3 Å². The van der Waals surface area contributed by atoms with Crippen LogP contribution in [-0.4, -0.2) is 25.7 Å². The summed E-state index contributed by atoms with van der Waals surface area (Å²) in [7, 11) is 1.41. The summed E-state index contributed by atoms with van der Waals surface area (Å²) in [6.07, 6.45) is 3.09. The number of rotatable bonds is 1. The van der Waals surface area contributed by atoms with Gasteiger partial charge >= 0.3 is 0 Å². The first-order valence-corrected chi connectivity index (χ1v) is 3.59. The molecule has 1 aliphatic heterocycles. The Morgan fingerprint density at radius 2 is 2.40 bits per heavy atom. The number of ether oxygens (including phenoxy) is 1. The minimum Gasteiger partial charge on any atom is -0.650 e. The summed E-state index contributed by atoms with van der Waals surface area (Å²) in [5, 5.41) is 4.13. The maximum atomic E-state index is 10.9. The fraction of sp³-hybridized carbons (Fsp3) is 0.857. The molecule has 3 nitrogen and oxygen atoms in total. The summed E-state index contributed by atoms with van der Waals surface area (Å²) in [5.74, 6) is -0.181. The quantitative estimate of drug-likeness (QED) is 0.514. The van der Waals surface area contributed by atoms with Crippen molar-refractivity contribution in [2.24, 2.45) is 0 Å². The van der Waals surface area contributed by atoms with E-state index in [4.69, 9.17) is 0 Å². The van der Waals surface area contributed by atoms with Crippen LogP contribution in [0.2, 0.25) is 0 Å². The molecule has 1 rings (SSSR count). The van der Waals surface area contributed by atoms with Crippen molar-refractivity contribution in [1.29, 1.82) is 0 Å². The summed E-state index contributed by atoms with van der Waals surface area (Å²) in [4.78, 5) is 10.9. The third-order valence-corrected chi connectivity index (χ3v) is 1.71. The fourth-order valence-corrected chi connectivity index (χ4v) is 1.12. The molecule has 0 unspecified atom stereocenters. The first kappa shape index (κ1) is 7.54. The molecule has 0 N–H and O–H groups in total. The smallest absolute Gasteiger partial charge is 0.287 e. The van der Waals surface area contributed by atoms with Crippen LogP contribution in [0.25, 0.3) is 5.32 Å². The lowest BCUT2D eigenvalue weighted by Crippen LogP contribution is -2.24. The number of hydrogen-bond donors (Lipinski definition) is 0. The number of esters is 1. The second kappa shape index (κ2) is 3.56. The van der Waals surface area contributed by atoms with E-state index in [2.05, 4.69) is 10.1 Å². The third-order valence-electron chi connectivity index (χ3n) is 1.71. The van der Waals surface area contributed by atoms with E-state index in [-0.39, 0.29) is 12.0 Å². The van der Waals surface area contributed by atoms with Crippen molar-refractivity contribution in [3.63, 3.8) is 0 Å². The number of carbonyl (C=O) groups is 1. The van der Waals surface area contributed by atoms with E-state index in [1.54, 1.807) is 0 Å². The Bertz CT molecular complexity index is 119. The molecule has 0 aromatic carbocycles. The second-order valence-corrected chi connectivity index (χ2v) is 2.44. The van der Waals surface area contributed by atoms with E-state index < -0.39 is 0 Å². The van der Waals surface area contributed by atoms with Crippen LogP contribution in [0.1, 0.15) is 19.3 Å². The molecule has 0 bridgehead atoms.